The van der Waals surface area contributed by atoms with Gasteiger partial charge in [0.05, 0.1) is 6.10 Å². The van der Waals surface area contributed by atoms with E-state index in [1.165, 1.54) is 9.35 Å². The number of piperidine rings is 1. The number of aliphatic hydroxyl groups is 1. The van der Waals surface area contributed by atoms with E-state index < -0.39 is 0 Å². The van der Waals surface area contributed by atoms with Crippen LogP contribution in [-0.4, -0.2) is 29.2 Å². The number of aliphatic hydroxyl groups excluding tert-OH is 1. The van der Waals surface area contributed by atoms with Crippen molar-refractivity contribution in [2.75, 3.05) is 13.1 Å². The summed E-state index contributed by atoms with van der Waals surface area (Å²) in [7, 11) is 0. The van der Waals surface area contributed by atoms with Crippen LogP contribution in [0.4, 0.5) is 0 Å². The first-order valence-electron chi connectivity index (χ1n) is 5.27. The summed E-state index contributed by atoms with van der Waals surface area (Å²) in [6.07, 6.45) is 0.801. The predicted molar refractivity (Wildman–Crippen MR) is 67.1 cm³/mol. The van der Waals surface area contributed by atoms with Crippen molar-refractivity contribution < 1.29 is 5.11 Å². The Morgan fingerprint density at radius 1 is 1.60 bits per heavy atom. The van der Waals surface area contributed by atoms with Crippen molar-refractivity contribution in [3.8, 4) is 0 Å². The van der Waals surface area contributed by atoms with Crippen LogP contribution in [0, 0.1) is 5.92 Å². The van der Waals surface area contributed by atoms with Crippen molar-refractivity contribution in [1.29, 1.82) is 0 Å². The van der Waals surface area contributed by atoms with Gasteiger partial charge in [0.1, 0.15) is 0 Å². The van der Waals surface area contributed by atoms with Gasteiger partial charge >= 0.3 is 0 Å². The second kappa shape index (κ2) is 4.95. The molecule has 0 radical (unpaired) electrons. The molecule has 2 heterocycles. The molecule has 0 unspecified atom stereocenters. The van der Waals surface area contributed by atoms with Gasteiger partial charge in [-0.2, -0.15) is 0 Å². The maximum Gasteiger partial charge on any atom is 0.0670 e. The van der Waals surface area contributed by atoms with Crippen molar-refractivity contribution in [2.45, 2.75) is 26.0 Å². The second-order valence-electron chi connectivity index (χ2n) is 4.38. The minimum absolute atomic E-state index is 0.146. The van der Waals surface area contributed by atoms with Gasteiger partial charge < -0.3 is 5.11 Å². The van der Waals surface area contributed by atoms with Crippen LogP contribution in [0.15, 0.2) is 15.9 Å². The number of likely N-dealkylation sites (tertiary alicyclic amines) is 1. The lowest BCUT2D eigenvalue weighted by atomic mass is 9.98. The summed E-state index contributed by atoms with van der Waals surface area (Å²) in [4.78, 5) is 3.70. The first kappa shape index (κ1) is 11.6. The topological polar surface area (TPSA) is 23.5 Å². The second-order valence-corrected chi connectivity index (χ2v) is 6.24. The zero-order valence-corrected chi connectivity index (χ0v) is 11.2. The Labute approximate surface area is 103 Å². The average molecular weight is 290 g/mol. The highest BCUT2D eigenvalue weighted by Crippen LogP contribution is 2.26. The van der Waals surface area contributed by atoms with Gasteiger partial charge in [-0.25, -0.2) is 0 Å². The van der Waals surface area contributed by atoms with Gasteiger partial charge in [-0.3, -0.25) is 4.90 Å². The van der Waals surface area contributed by atoms with Gasteiger partial charge in [-0.1, -0.05) is 6.92 Å². The van der Waals surface area contributed by atoms with Crippen molar-refractivity contribution in [3.63, 3.8) is 0 Å². The van der Waals surface area contributed by atoms with Crippen molar-refractivity contribution in [2.24, 2.45) is 5.92 Å². The molecule has 0 bridgehead atoms. The molecule has 1 aliphatic heterocycles. The molecule has 1 N–H and O–H groups in total. The number of nitrogens with zero attached hydrogens (tertiary/aromatic N) is 1. The molecule has 1 aromatic heterocycles. The fourth-order valence-corrected chi connectivity index (χ4v) is 3.72. The van der Waals surface area contributed by atoms with Gasteiger partial charge in [-0.15, -0.1) is 11.3 Å². The summed E-state index contributed by atoms with van der Waals surface area (Å²) < 4.78 is 1.19. The molecule has 4 heteroatoms. The highest BCUT2D eigenvalue weighted by Gasteiger charge is 2.23. The maximum atomic E-state index is 9.70. The number of β-amino-alcohol motifs (C(OH)–C–C–N with tert-alkyl or cyclic N) is 1. The Kier molecular flexibility index (Phi) is 3.83. The molecule has 0 aromatic carbocycles. The van der Waals surface area contributed by atoms with Crippen molar-refractivity contribution >= 4 is 27.3 Å². The monoisotopic (exact) mass is 289 g/mol. The molecule has 0 amide bonds. The van der Waals surface area contributed by atoms with Gasteiger partial charge in [0, 0.05) is 29.0 Å². The van der Waals surface area contributed by atoms with Gasteiger partial charge in [0.25, 0.3) is 0 Å². The molecule has 1 fully saturated rings. The molecular formula is C11H16BrNOS. The third-order valence-corrected chi connectivity index (χ3v) is 4.68. The maximum absolute atomic E-state index is 9.70. The molecule has 0 aliphatic carbocycles. The number of thiophene rings is 1. The molecule has 1 saturated heterocycles. The summed E-state index contributed by atoms with van der Waals surface area (Å²) in [5.74, 6) is 0.604. The third-order valence-electron chi connectivity index (χ3n) is 2.77. The summed E-state index contributed by atoms with van der Waals surface area (Å²) in [6.45, 7) is 5.08. The van der Waals surface area contributed by atoms with Crippen LogP contribution >= 0.6 is 27.3 Å². The number of hydrogen-bond acceptors (Lipinski definition) is 3. The Balaban J connectivity index is 1.97. The predicted octanol–water partition coefficient (Wildman–Crippen LogP) is 2.71. The minimum Gasteiger partial charge on any atom is -0.392 e. The lowest BCUT2D eigenvalue weighted by molar-refractivity contribution is 0.0413. The molecule has 2 atom stereocenters. The van der Waals surface area contributed by atoms with Gasteiger partial charge in [0.15, 0.2) is 0 Å². The number of halogens is 1. The van der Waals surface area contributed by atoms with Crippen LogP contribution in [0.25, 0.3) is 0 Å². The summed E-state index contributed by atoms with van der Waals surface area (Å²) in [5.41, 5.74) is 0. The molecular weight excluding hydrogens is 274 g/mol. The normalized spacial score (nSPS) is 28.2. The van der Waals surface area contributed by atoms with Crippen LogP contribution < -0.4 is 0 Å². The first-order valence-corrected chi connectivity index (χ1v) is 6.94. The van der Waals surface area contributed by atoms with E-state index >= 15 is 0 Å². The van der Waals surface area contributed by atoms with E-state index in [1.807, 2.05) is 0 Å². The Hall–Kier alpha value is 0.100. The molecule has 1 aliphatic rings. The summed E-state index contributed by atoms with van der Waals surface area (Å²) in [5, 5.41) is 11.8. The molecule has 0 spiro atoms. The van der Waals surface area contributed by atoms with Crippen LogP contribution in [0.3, 0.4) is 0 Å². The summed E-state index contributed by atoms with van der Waals surface area (Å²) >= 11 is 5.32. The Morgan fingerprint density at radius 2 is 2.40 bits per heavy atom. The average Bonchev–Trinajstić information content (AvgIpc) is 2.50. The lowest BCUT2D eigenvalue weighted by Gasteiger charge is -2.33. The third kappa shape index (κ3) is 3.03. The molecule has 15 heavy (non-hydrogen) atoms. The van der Waals surface area contributed by atoms with E-state index in [0.29, 0.717) is 5.92 Å². The summed E-state index contributed by atoms with van der Waals surface area (Å²) in [6, 6.07) is 2.09. The van der Waals surface area contributed by atoms with Crippen LogP contribution in [0.1, 0.15) is 18.2 Å². The molecule has 2 rings (SSSR count). The SMILES string of the molecule is C[C@@H]1C[C@H](O)CN(Cc2sccc2Br)C1. The van der Waals surface area contributed by atoms with Crippen molar-refractivity contribution in [1.82, 2.24) is 4.90 Å². The van der Waals surface area contributed by atoms with E-state index in [4.69, 9.17) is 0 Å². The van der Waals surface area contributed by atoms with E-state index in [2.05, 4.69) is 39.2 Å². The quantitative estimate of drug-likeness (QED) is 0.905. The van der Waals surface area contributed by atoms with Crippen LogP contribution in [0.2, 0.25) is 0 Å². The van der Waals surface area contributed by atoms with Gasteiger partial charge in [0.2, 0.25) is 0 Å². The van der Waals surface area contributed by atoms with E-state index in [1.54, 1.807) is 11.3 Å². The standard InChI is InChI=1S/C11H16BrNOS/c1-8-4-9(14)6-13(5-8)7-11-10(12)2-3-15-11/h2-3,8-9,14H,4-7H2,1H3/t8-,9+/m1/s1. The zero-order chi connectivity index (χ0) is 10.8. The highest BCUT2D eigenvalue weighted by molar-refractivity contribution is 9.10. The highest BCUT2D eigenvalue weighted by atomic mass is 79.9. The van der Waals surface area contributed by atoms with E-state index in [0.717, 1.165) is 26.1 Å². The van der Waals surface area contributed by atoms with E-state index in [-0.39, 0.29) is 6.10 Å². The fourth-order valence-electron chi connectivity index (χ4n) is 2.20. The van der Waals surface area contributed by atoms with Crippen LogP contribution in [-0.2, 0) is 6.54 Å². The molecule has 2 nitrogen and oxygen atoms in total. The smallest absolute Gasteiger partial charge is 0.0670 e. The van der Waals surface area contributed by atoms with Crippen molar-refractivity contribution in [3.05, 3.63) is 20.8 Å². The number of hydrogen-bond donors (Lipinski definition) is 1. The molecule has 84 valence electrons. The van der Waals surface area contributed by atoms with Gasteiger partial charge in [-0.05, 0) is 39.7 Å². The number of rotatable bonds is 2. The minimum atomic E-state index is -0.146. The van der Waals surface area contributed by atoms with E-state index in [9.17, 15) is 5.11 Å². The van der Waals surface area contributed by atoms with Crippen LogP contribution in [0.5, 0.6) is 0 Å². The molecule has 0 saturated carbocycles. The zero-order valence-electron chi connectivity index (χ0n) is 8.82. The largest absolute Gasteiger partial charge is 0.392 e. The fraction of sp³-hybridized carbons (Fsp3) is 0.636. The Bertz CT molecular complexity index is 318. The Morgan fingerprint density at radius 3 is 3.00 bits per heavy atom. The lowest BCUT2D eigenvalue weighted by Crippen LogP contribution is -2.41. The first-order chi connectivity index (χ1) is 7.15. The molecule has 1 aromatic rings.